The molecule has 0 aliphatic heterocycles. The van der Waals surface area contributed by atoms with Crippen LogP contribution in [0.4, 0.5) is 0 Å². The van der Waals surface area contributed by atoms with Crippen LogP contribution >= 0.6 is 15.9 Å². The molecule has 0 aliphatic rings. The zero-order valence-corrected chi connectivity index (χ0v) is 13.2. The van der Waals surface area contributed by atoms with E-state index in [4.69, 9.17) is 5.11 Å². The number of halogens is 1. The van der Waals surface area contributed by atoms with Crippen LogP contribution in [-0.4, -0.2) is 23.5 Å². The lowest BCUT2D eigenvalue weighted by Gasteiger charge is -2.11. The Hall–Kier alpha value is -1.88. The molecule has 5 heteroatoms. The third-order valence-corrected chi connectivity index (χ3v) is 3.69. The fourth-order valence-corrected chi connectivity index (χ4v) is 2.48. The molecule has 2 aromatic carbocycles. The van der Waals surface area contributed by atoms with E-state index in [1.807, 2.05) is 30.3 Å². The number of amides is 1. The lowest BCUT2D eigenvalue weighted by molar-refractivity contribution is -0.137. The summed E-state index contributed by atoms with van der Waals surface area (Å²) in [6.45, 7) is 2.15. The highest BCUT2D eigenvalue weighted by Crippen LogP contribution is 2.21. The molecule has 2 rings (SSSR count). The second-order valence-corrected chi connectivity index (χ2v) is 6.03. The molecule has 110 valence electrons. The van der Waals surface area contributed by atoms with Gasteiger partial charge in [0.15, 0.2) is 0 Å². The third kappa shape index (κ3) is 4.29. The maximum atomic E-state index is 12.1. The highest BCUT2D eigenvalue weighted by atomic mass is 79.9. The number of fused-ring (bicyclic) bond motifs is 1. The standard InChI is InChI=1S/C16H16BrNO3/c1-10(6-15(19)20)9-18-16(21)13-3-2-12-8-14(17)5-4-11(12)7-13/h2-5,7-8,10H,6,9H2,1H3,(H,18,21)(H,19,20). The van der Waals surface area contributed by atoms with Crippen LogP contribution in [-0.2, 0) is 4.79 Å². The number of carboxylic acid groups (broad SMARTS) is 1. The minimum atomic E-state index is -0.854. The Morgan fingerprint density at radius 1 is 1.19 bits per heavy atom. The molecular weight excluding hydrogens is 334 g/mol. The van der Waals surface area contributed by atoms with Crippen molar-refractivity contribution in [2.24, 2.45) is 5.92 Å². The summed E-state index contributed by atoms with van der Waals surface area (Å²) in [4.78, 5) is 22.7. The van der Waals surface area contributed by atoms with E-state index < -0.39 is 5.97 Å². The molecule has 0 saturated heterocycles. The van der Waals surface area contributed by atoms with Crippen molar-refractivity contribution < 1.29 is 14.7 Å². The molecule has 2 N–H and O–H groups in total. The van der Waals surface area contributed by atoms with Gasteiger partial charge < -0.3 is 10.4 Å². The van der Waals surface area contributed by atoms with E-state index in [1.54, 1.807) is 13.0 Å². The van der Waals surface area contributed by atoms with Crippen molar-refractivity contribution in [3.63, 3.8) is 0 Å². The summed E-state index contributed by atoms with van der Waals surface area (Å²) >= 11 is 3.41. The number of hydrogen-bond donors (Lipinski definition) is 2. The van der Waals surface area contributed by atoms with E-state index in [0.29, 0.717) is 12.1 Å². The van der Waals surface area contributed by atoms with Gasteiger partial charge in [-0.2, -0.15) is 0 Å². The van der Waals surface area contributed by atoms with Gasteiger partial charge in [0.05, 0.1) is 0 Å². The lowest BCUT2D eigenvalue weighted by atomic mass is 10.1. The molecule has 0 spiro atoms. The van der Waals surface area contributed by atoms with Crippen LogP contribution in [0.5, 0.6) is 0 Å². The predicted molar refractivity (Wildman–Crippen MR) is 85.4 cm³/mol. The third-order valence-electron chi connectivity index (χ3n) is 3.20. The molecule has 0 fully saturated rings. The van der Waals surface area contributed by atoms with Gasteiger partial charge in [-0.1, -0.05) is 35.0 Å². The van der Waals surface area contributed by atoms with Crippen LogP contribution in [0.1, 0.15) is 23.7 Å². The van der Waals surface area contributed by atoms with Gasteiger partial charge in [-0.3, -0.25) is 9.59 Å². The van der Waals surface area contributed by atoms with Gasteiger partial charge in [-0.25, -0.2) is 0 Å². The van der Waals surface area contributed by atoms with Crippen LogP contribution in [0.15, 0.2) is 40.9 Å². The SMILES string of the molecule is CC(CNC(=O)c1ccc2cc(Br)ccc2c1)CC(=O)O. The summed E-state index contributed by atoms with van der Waals surface area (Å²) in [6.07, 6.45) is 0.0476. The number of carbonyl (C=O) groups excluding carboxylic acids is 1. The van der Waals surface area contributed by atoms with Crippen molar-refractivity contribution in [1.29, 1.82) is 0 Å². The summed E-state index contributed by atoms with van der Waals surface area (Å²) < 4.78 is 0.995. The summed E-state index contributed by atoms with van der Waals surface area (Å²) in [7, 11) is 0. The molecule has 1 unspecified atom stereocenters. The minimum absolute atomic E-state index is 0.0476. The van der Waals surface area contributed by atoms with E-state index in [0.717, 1.165) is 15.2 Å². The first-order valence-corrected chi connectivity index (χ1v) is 7.44. The van der Waals surface area contributed by atoms with Crippen LogP contribution in [0.3, 0.4) is 0 Å². The normalized spacial score (nSPS) is 12.1. The van der Waals surface area contributed by atoms with E-state index >= 15 is 0 Å². The molecule has 0 bridgehead atoms. The van der Waals surface area contributed by atoms with Crippen LogP contribution in [0, 0.1) is 5.92 Å². The Morgan fingerprint density at radius 3 is 2.57 bits per heavy atom. The summed E-state index contributed by atoms with van der Waals surface area (Å²) in [5.74, 6) is -1.13. The Bertz CT molecular complexity index is 684. The first-order valence-electron chi connectivity index (χ1n) is 6.65. The van der Waals surface area contributed by atoms with Crippen LogP contribution in [0.25, 0.3) is 10.8 Å². The molecule has 0 saturated carbocycles. The van der Waals surface area contributed by atoms with Crippen molar-refractivity contribution >= 4 is 38.6 Å². The monoisotopic (exact) mass is 349 g/mol. The Labute approximate surface area is 131 Å². The van der Waals surface area contributed by atoms with Gasteiger partial charge in [0, 0.05) is 23.0 Å². The van der Waals surface area contributed by atoms with E-state index in [1.165, 1.54) is 0 Å². The maximum absolute atomic E-state index is 12.1. The average Bonchev–Trinajstić information content (AvgIpc) is 2.43. The quantitative estimate of drug-likeness (QED) is 0.868. The largest absolute Gasteiger partial charge is 0.481 e. The van der Waals surface area contributed by atoms with Crippen molar-refractivity contribution in [3.8, 4) is 0 Å². The van der Waals surface area contributed by atoms with Crippen molar-refractivity contribution in [2.75, 3.05) is 6.54 Å². The Morgan fingerprint density at radius 2 is 1.86 bits per heavy atom. The molecule has 1 atom stereocenters. The van der Waals surface area contributed by atoms with Gasteiger partial charge in [0.2, 0.25) is 0 Å². The van der Waals surface area contributed by atoms with Gasteiger partial charge in [0.1, 0.15) is 0 Å². The number of aliphatic carboxylic acids is 1. The molecule has 0 aliphatic carbocycles. The fourth-order valence-electron chi connectivity index (χ4n) is 2.10. The second kappa shape index (κ2) is 6.72. The Balaban J connectivity index is 2.05. The first kappa shape index (κ1) is 15.5. The van der Waals surface area contributed by atoms with Crippen molar-refractivity contribution in [2.45, 2.75) is 13.3 Å². The molecule has 1 amide bonds. The highest BCUT2D eigenvalue weighted by molar-refractivity contribution is 9.10. The number of benzene rings is 2. The smallest absolute Gasteiger partial charge is 0.303 e. The van der Waals surface area contributed by atoms with E-state index in [9.17, 15) is 9.59 Å². The molecule has 0 heterocycles. The number of nitrogens with one attached hydrogen (secondary N) is 1. The van der Waals surface area contributed by atoms with Crippen LogP contribution in [0.2, 0.25) is 0 Å². The number of carbonyl (C=O) groups is 2. The molecular formula is C16H16BrNO3. The summed E-state index contributed by atoms with van der Waals surface area (Å²) in [6, 6.07) is 11.4. The molecule has 2 aromatic rings. The number of rotatable bonds is 5. The van der Waals surface area contributed by atoms with E-state index in [2.05, 4.69) is 21.2 Å². The Kier molecular flexibility index (Phi) is 4.96. The zero-order valence-electron chi connectivity index (χ0n) is 11.6. The molecule has 4 nitrogen and oxygen atoms in total. The van der Waals surface area contributed by atoms with Gasteiger partial charge in [-0.05, 0) is 41.0 Å². The number of hydrogen-bond acceptors (Lipinski definition) is 2. The topological polar surface area (TPSA) is 66.4 Å². The lowest BCUT2D eigenvalue weighted by Crippen LogP contribution is -2.29. The van der Waals surface area contributed by atoms with Crippen LogP contribution < -0.4 is 5.32 Å². The van der Waals surface area contributed by atoms with Crippen molar-refractivity contribution in [3.05, 3.63) is 46.4 Å². The first-order chi connectivity index (χ1) is 9.95. The maximum Gasteiger partial charge on any atom is 0.303 e. The fraction of sp³-hybridized carbons (Fsp3) is 0.250. The minimum Gasteiger partial charge on any atom is -0.481 e. The zero-order chi connectivity index (χ0) is 15.4. The molecule has 0 aromatic heterocycles. The summed E-state index contributed by atoms with van der Waals surface area (Å²) in [5, 5.41) is 13.5. The predicted octanol–water partition coefficient (Wildman–Crippen LogP) is 3.44. The van der Waals surface area contributed by atoms with Crippen molar-refractivity contribution in [1.82, 2.24) is 5.32 Å². The number of carboxylic acids is 1. The average molecular weight is 350 g/mol. The van der Waals surface area contributed by atoms with Gasteiger partial charge >= 0.3 is 5.97 Å². The molecule has 21 heavy (non-hydrogen) atoms. The summed E-state index contributed by atoms with van der Waals surface area (Å²) in [5.41, 5.74) is 0.576. The molecule has 0 radical (unpaired) electrons. The van der Waals surface area contributed by atoms with Gasteiger partial charge in [-0.15, -0.1) is 0 Å². The van der Waals surface area contributed by atoms with Gasteiger partial charge in [0.25, 0.3) is 5.91 Å². The highest BCUT2D eigenvalue weighted by Gasteiger charge is 2.11. The van der Waals surface area contributed by atoms with E-state index in [-0.39, 0.29) is 18.2 Å². The second-order valence-electron chi connectivity index (χ2n) is 5.12.